The van der Waals surface area contributed by atoms with Crippen LogP contribution in [-0.2, 0) is 11.2 Å². The van der Waals surface area contributed by atoms with Gasteiger partial charge in [-0.15, -0.1) is 0 Å². The molecule has 196 valence electrons. The summed E-state index contributed by atoms with van der Waals surface area (Å²) in [5, 5.41) is 6.90. The molecule has 0 aliphatic rings. The Morgan fingerprint density at radius 2 is 1.87 bits per heavy atom. The summed E-state index contributed by atoms with van der Waals surface area (Å²) in [6, 6.07) is 20.4. The van der Waals surface area contributed by atoms with Crippen LogP contribution in [0.25, 0.3) is 40.0 Å². The Labute approximate surface area is 240 Å². The maximum absolute atomic E-state index is 12.5. The summed E-state index contributed by atoms with van der Waals surface area (Å²) in [6.45, 7) is 4.04. The van der Waals surface area contributed by atoms with Crippen LogP contribution in [0.4, 0.5) is 5.69 Å². The second-order valence-corrected chi connectivity index (χ2v) is 10.1. The van der Waals surface area contributed by atoms with Crippen molar-refractivity contribution in [3.8, 4) is 22.8 Å². The second kappa shape index (κ2) is 11.5. The van der Waals surface area contributed by atoms with Gasteiger partial charge in [0.1, 0.15) is 17.0 Å². The first-order valence-electron chi connectivity index (χ1n) is 12.1. The molecule has 0 spiro atoms. The monoisotopic (exact) mass is 575 g/mol. The lowest BCUT2D eigenvalue weighted by atomic mass is 10.1. The van der Waals surface area contributed by atoms with Crippen LogP contribution in [0, 0.1) is 6.92 Å². The van der Waals surface area contributed by atoms with Crippen molar-refractivity contribution in [2.75, 3.05) is 5.32 Å². The molecule has 5 rings (SSSR count). The van der Waals surface area contributed by atoms with E-state index in [0.29, 0.717) is 33.0 Å². The Balaban J connectivity index is 1.24. The summed E-state index contributed by atoms with van der Waals surface area (Å²) in [7, 11) is 0. The maximum Gasteiger partial charge on any atom is 0.250 e. The number of benzene rings is 3. The van der Waals surface area contributed by atoms with Gasteiger partial charge in [-0.25, -0.2) is 4.98 Å². The van der Waals surface area contributed by atoms with Crippen LogP contribution in [0.2, 0.25) is 10.0 Å². The summed E-state index contributed by atoms with van der Waals surface area (Å²) >= 11 is 17.6. The first-order valence-corrected chi connectivity index (χ1v) is 13.3. The highest BCUT2D eigenvalue weighted by molar-refractivity contribution is 7.80. The molecule has 0 fully saturated rings. The Morgan fingerprint density at radius 1 is 1.03 bits per heavy atom. The zero-order valence-electron chi connectivity index (χ0n) is 21.0. The van der Waals surface area contributed by atoms with E-state index in [4.69, 9.17) is 44.3 Å². The van der Waals surface area contributed by atoms with E-state index in [1.54, 1.807) is 36.4 Å². The van der Waals surface area contributed by atoms with Gasteiger partial charge in [0.05, 0.1) is 5.02 Å². The van der Waals surface area contributed by atoms with Gasteiger partial charge in [-0.3, -0.25) is 10.1 Å². The van der Waals surface area contributed by atoms with Crippen LogP contribution in [0.3, 0.4) is 0 Å². The molecule has 2 N–H and O–H groups in total. The molecular weight excluding hydrogens is 553 g/mol. The number of thiocarbonyl (C=S) groups is 1. The third-order valence-electron chi connectivity index (χ3n) is 6.05. The van der Waals surface area contributed by atoms with Crippen molar-refractivity contribution in [1.29, 1.82) is 0 Å². The predicted molar refractivity (Wildman–Crippen MR) is 161 cm³/mol. The smallest absolute Gasteiger partial charge is 0.250 e. The van der Waals surface area contributed by atoms with E-state index in [2.05, 4.69) is 22.5 Å². The largest absolute Gasteiger partial charge is 0.457 e. The number of anilines is 1. The lowest BCUT2D eigenvalue weighted by Crippen LogP contribution is -2.33. The molecule has 0 saturated heterocycles. The van der Waals surface area contributed by atoms with Crippen molar-refractivity contribution in [1.82, 2.24) is 10.3 Å². The van der Waals surface area contributed by atoms with Crippen LogP contribution in [0.15, 0.2) is 81.6 Å². The topological polar surface area (TPSA) is 80.3 Å². The van der Waals surface area contributed by atoms with Crippen LogP contribution < -0.4 is 10.6 Å². The summed E-state index contributed by atoms with van der Waals surface area (Å²) in [5.74, 6) is 1.15. The number of aromatic nitrogens is 1. The Bertz CT molecular complexity index is 1740. The van der Waals surface area contributed by atoms with Gasteiger partial charge < -0.3 is 14.2 Å². The number of halogens is 2. The van der Waals surface area contributed by atoms with Gasteiger partial charge >= 0.3 is 0 Å². The lowest BCUT2D eigenvalue weighted by Gasteiger charge is -2.11. The van der Waals surface area contributed by atoms with Gasteiger partial charge in [-0.05, 0) is 97.4 Å². The Hall–Kier alpha value is -3.91. The van der Waals surface area contributed by atoms with E-state index in [0.717, 1.165) is 34.3 Å². The number of nitrogens with zero attached hydrogens (tertiary/aromatic N) is 1. The fourth-order valence-corrected chi connectivity index (χ4v) is 4.66. The van der Waals surface area contributed by atoms with Crippen molar-refractivity contribution < 1.29 is 13.6 Å². The third-order valence-corrected chi connectivity index (χ3v) is 6.80. The summed E-state index contributed by atoms with van der Waals surface area (Å²) < 4.78 is 11.8. The van der Waals surface area contributed by atoms with Crippen LogP contribution in [0.1, 0.15) is 23.8 Å². The van der Waals surface area contributed by atoms with Crippen molar-refractivity contribution in [2.24, 2.45) is 0 Å². The molecule has 39 heavy (non-hydrogen) atoms. The normalized spacial score (nSPS) is 11.3. The highest BCUT2D eigenvalue weighted by Crippen LogP contribution is 2.32. The number of oxazole rings is 1. The van der Waals surface area contributed by atoms with Gasteiger partial charge in [0.25, 0.3) is 0 Å². The number of amides is 1. The van der Waals surface area contributed by atoms with Crippen molar-refractivity contribution in [3.05, 3.63) is 99.7 Å². The van der Waals surface area contributed by atoms with E-state index in [-0.39, 0.29) is 5.11 Å². The number of hydrogen-bond donors (Lipinski definition) is 2. The number of carbonyl (C=O) groups excluding carboxylic acids is 1. The Kier molecular flexibility index (Phi) is 7.84. The molecule has 0 unspecified atom stereocenters. The number of nitrogens with one attached hydrogen (secondary N) is 2. The van der Waals surface area contributed by atoms with E-state index in [1.165, 1.54) is 11.6 Å². The fraction of sp³-hybridized carbons (Fsp3) is 0.100. The minimum atomic E-state index is -0.408. The van der Waals surface area contributed by atoms with Crippen LogP contribution in [0.5, 0.6) is 0 Å². The standard InChI is InChI=1S/C30H23Cl2N3O3S/c1-3-18-5-11-27-25(14-18)33-29(38-27)19-6-4-17(2)24(15-19)34-30(39)35-28(36)13-9-21-8-12-26(37-21)22-10-7-20(31)16-23(22)32/h4-16H,3H2,1-2H3,(H2,34,35,36,39)/b13-9+. The SMILES string of the molecule is CCc1ccc2oc(-c3ccc(C)c(NC(=S)NC(=O)/C=C/c4ccc(-c5ccc(Cl)cc5Cl)o4)c3)nc2c1. The molecule has 0 radical (unpaired) electrons. The highest BCUT2D eigenvalue weighted by atomic mass is 35.5. The molecule has 6 nitrogen and oxygen atoms in total. The number of fused-ring (bicyclic) bond motifs is 1. The molecule has 1 amide bonds. The van der Waals surface area contributed by atoms with Crippen LogP contribution in [-0.4, -0.2) is 16.0 Å². The molecule has 2 heterocycles. The van der Waals surface area contributed by atoms with E-state index >= 15 is 0 Å². The number of rotatable bonds is 6. The molecule has 9 heteroatoms. The molecule has 0 atom stereocenters. The summed E-state index contributed by atoms with van der Waals surface area (Å²) in [5.41, 5.74) is 5.91. The molecule has 0 bridgehead atoms. The van der Waals surface area contributed by atoms with Gasteiger partial charge in [-0.1, -0.05) is 42.3 Å². The van der Waals surface area contributed by atoms with Crippen molar-refractivity contribution in [2.45, 2.75) is 20.3 Å². The summed E-state index contributed by atoms with van der Waals surface area (Å²) in [6.07, 6.45) is 3.82. The van der Waals surface area contributed by atoms with Gasteiger partial charge in [-0.2, -0.15) is 0 Å². The first-order chi connectivity index (χ1) is 18.8. The zero-order valence-corrected chi connectivity index (χ0v) is 23.4. The first kappa shape index (κ1) is 26.7. The van der Waals surface area contributed by atoms with E-state index < -0.39 is 5.91 Å². The van der Waals surface area contributed by atoms with E-state index in [1.807, 2.05) is 43.3 Å². The minimum Gasteiger partial charge on any atom is -0.457 e. The van der Waals surface area contributed by atoms with Gasteiger partial charge in [0.2, 0.25) is 11.8 Å². The number of aryl methyl sites for hydroxylation is 2. The molecule has 3 aromatic carbocycles. The predicted octanol–water partition coefficient (Wildman–Crippen LogP) is 8.46. The molecule has 2 aromatic heterocycles. The summed E-state index contributed by atoms with van der Waals surface area (Å²) in [4.78, 5) is 17.1. The minimum absolute atomic E-state index is 0.156. The van der Waals surface area contributed by atoms with Crippen LogP contribution >= 0.6 is 35.4 Å². The Morgan fingerprint density at radius 3 is 2.67 bits per heavy atom. The average molecular weight is 577 g/mol. The number of carbonyl (C=O) groups is 1. The molecule has 0 saturated carbocycles. The zero-order chi connectivity index (χ0) is 27.5. The number of hydrogen-bond acceptors (Lipinski definition) is 5. The quantitative estimate of drug-likeness (QED) is 0.156. The number of furan rings is 1. The van der Waals surface area contributed by atoms with E-state index in [9.17, 15) is 4.79 Å². The molecule has 0 aliphatic carbocycles. The third kappa shape index (κ3) is 6.23. The fourth-order valence-electron chi connectivity index (χ4n) is 3.95. The second-order valence-electron chi connectivity index (χ2n) is 8.81. The molecular formula is C30H23Cl2N3O3S. The lowest BCUT2D eigenvalue weighted by molar-refractivity contribution is -0.115. The molecule has 0 aliphatic heterocycles. The molecule has 5 aromatic rings. The van der Waals surface area contributed by atoms with Gasteiger partial charge in [0.15, 0.2) is 10.7 Å². The van der Waals surface area contributed by atoms with Gasteiger partial charge in [0, 0.05) is 27.9 Å². The maximum atomic E-state index is 12.5. The highest BCUT2D eigenvalue weighted by Gasteiger charge is 2.12. The van der Waals surface area contributed by atoms with Crippen molar-refractivity contribution >= 4 is 69.3 Å². The van der Waals surface area contributed by atoms with Crippen molar-refractivity contribution in [3.63, 3.8) is 0 Å². The average Bonchev–Trinajstić information content (AvgIpc) is 3.55.